The molecule has 23 heavy (non-hydrogen) atoms. The molecule has 0 fully saturated rings. The van der Waals surface area contributed by atoms with Gasteiger partial charge in [-0.2, -0.15) is 0 Å². The highest BCUT2D eigenvalue weighted by molar-refractivity contribution is 5.00. The standard InChI is InChI=1S/C21H32O2/c1-3-5-6-7-8-9-10-11-12-13-14-15-16-17-18-19-21(23)20(22)4-2/h3-4,8-9,11-12,14-15,17-18,20-23H,1-2,5-7,10,13,16,19H2. The van der Waals surface area contributed by atoms with Crippen LogP contribution < -0.4 is 0 Å². The van der Waals surface area contributed by atoms with Gasteiger partial charge in [0.2, 0.25) is 0 Å². The maximum Gasteiger partial charge on any atom is 0.0980 e. The van der Waals surface area contributed by atoms with Crippen molar-refractivity contribution >= 4 is 0 Å². The first-order chi connectivity index (χ1) is 11.2. The molecule has 0 aliphatic carbocycles. The van der Waals surface area contributed by atoms with Crippen LogP contribution in [-0.4, -0.2) is 22.4 Å². The minimum atomic E-state index is -0.851. The van der Waals surface area contributed by atoms with E-state index in [1.807, 2.05) is 18.2 Å². The SMILES string of the molecule is C=CCCCC=CCC=CCC=CCC=CCC(O)C(O)C=C. The quantitative estimate of drug-likeness (QED) is 0.348. The summed E-state index contributed by atoms with van der Waals surface area (Å²) in [6, 6.07) is 0. The van der Waals surface area contributed by atoms with Crippen molar-refractivity contribution in [3.8, 4) is 0 Å². The number of unbranched alkanes of at least 4 members (excludes halogenated alkanes) is 2. The fourth-order valence-electron chi connectivity index (χ4n) is 1.84. The third-order valence-corrected chi connectivity index (χ3v) is 3.28. The predicted molar refractivity (Wildman–Crippen MR) is 101 cm³/mol. The van der Waals surface area contributed by atoms with E-state index in [1.54, 1.807) is 0 Å². The van der Waals surface area contributed by atoms with Crippen LogP contribution in [0, 0.1) is 0 Å². The van der Waals surface area contributed by atoms with E-state index in [9.17, 15) is 10.2 Å². The summed E-state index contributed by atoms with van der Waals surface area (Å²) in [5.41, 5.74) is 0. The number of rotatable bonds is 14. The molecule has 0 rings (SSSR count). The van der Waals surface area contributed by atoms with Crippen LogP contribution in [0.4, 0.5) is 0 Å². The summed E-state index contributed by atoms with van der Waals surface area (Å²) in [4.78, 5) is 0. The molecule has 0 spiro atoms. The molecule has 0 aliphatic rings. The minimum Gasteiger partial charge on any atom is -0.390 e. The molecule has 128 valence electrons. The predicted octanol–water partition coefficient (Wildman–Crippen LogP) is 5.04. The van der Waals surface area contributed by atoms with E-state index >= 15 is 0 Å². The Balaban J connectivity index is 3.58. The van der Waals surface area contributed by atoms with Crippen molar-refractivity contribution in [2.45, 2.75) is 57.2 Å². The minimum absolute atomic E-state index is 0.445. The maximum atomic E-state index is 9.51. The summed E-state index contributed by atoms with van der Waals surface area (Å²) in [7, 11) is 0. The van der Waals surface area contributed by atoms with Gasteiger partial charge in [-0.15, -0.1) is 13.2 Å². The fourth-order valence-corrected chi connectivity index (χ4v) is 1.84. The van der Waals surface area contributed by atoms with Crippen LogP contribution in [0.1, 0.15) is 44.9 Å². The topological polar surface area (TPSA) is 40.5 Å². The van der Waals surface area contributed by atoms with Crippen molar-refractivity contribution in [2.24, 2.45) is 0 Å². The number of aliphatic hydroxyl groups is 2. The maximum absolute atomic E-state index is 9.51. The number of allylic oxidation sites excluding steroid dienone is 8. The van der Waals surface area contributed by atoms with Crippen LogP contribution in [0.3, 0.4) is 0 Å². The number of aliphatic hydroxyl groups excluding tert-OH is 2. The molecular weight excluding hydrogens is 284 g/mol. The molecule has 0 saturated carbocycles. The molecule has 2 unspecified atom stereocenters. The first-order valence-corrected chi connectivity index (χ1v) is 8.42. The van der Waals surface area contributed by atoms with Crippen LogP contribution in [-0.2, 0) is 0 Å². The molecule has 2 atom stereocenters. The Morgan fingerprint density at radius 1 is 0.696 bits per heavy atom. The van der Waals surface area contributed by atoms with Gasteiger partial charge >= 0.3 is 0 Å². The zero-order valence-corrected chi connectivity index (χ0v) is 14.2. The zero-order chi connectivity index (χ0) is 17.2. The lowest BCUT2D eigenvalue weighted by Gasteiger charge is -2.10. The largest absolute Gasteiger partial charge is 0.390 e. The van der Waals surface area contributed by atoms with Crippen molar-refractivity contribution in [1.82, 2.24) is 0 Å². The Labute approximate surface area is 141 Å². The lowest BCUT2D eigenvalue weighted by molar-refractivity contribution is 0.0513. The van der Waals surface area contributed by atoms with E-state index in [0.29, 0.717) is 6.42 Å². The van der Waals surface area contributed by atoms with E-state index in [0.717, 1.165) is 32.1 Å². The van der Waals surface area contributed by atoms with Crippen LogP contribution in [0.5, 0.6) is 0 Å². The van der Waals surface area contributed by atoms with Crippen LogP contribution in [0.2, 0.25) is 0 Å². The van der Waals surface area contributed by atoms with Crippen molar-refractivity contribution in [2.75, 3.05) is 0 Å². The Morgan fingerprint density at radius 2 is 1.22 bits per heavy atom. The first-order valence-electron chi connectivity index (χ1n) is 8.42. The first kappa shape index (κ1) is 21.4. The van der Waals surface area contributed by atoms with Crippen LogP contribution in [0.15, 0.2) is 73.9 Å². The second-order valence-corrected chi connectivity index (χ2v) is 5.34. The van der Waals surface area contributed by atoms with Crippen molar-refractivity contribution in [3.05, 3.63) is 73.9 Å². The van der Waals surface area contributed by atoms with Gasteiger partial charge in [-0.3, -0.25) is 0 Å². The second kappa shape index (κ2) is 16.7. The summed E-state index contributed by atoms with van der Waals surface area (Å²) in [6.07, 6.45) is 25.2. The van der Waals surface area contributed by atoms with E-state index in [2.05, 4.69) is 49.6 Å². The van der Waals surface area contributed by atoms with E-state index in [1.165, 1.54) is 12.5 Å². The van der Waals surface area contributed by atoms with E-state index in [-0.39, 0.29) is 0 Å². The average molecular weight is 316 g/mol. The molecule has 0 heterocycles. The Bertz CT molecular complexity index is 402. The summed E-state index contributed by atoms with van der Waals surface area (Å²) < 4.78 is 0. The summed E-state index contributed by atoms with van der Waals surface area (Å²) in [6.45, 7) is 7.15. The van der Waals surface area contributed by atoms with Crippen LogP contribution >= 0.6 is 0 Å². The molecule has 0 aliphatic heterocycles. The van der Waals surface area contributed by atoms with Gasteiger partial charge in [-0.25, -0.2) is 0 Å². The van der Waals surface area contributed by atoms with Gasteiger partial charge in [0.25, 0.3) is 0 Å². The van der Waals surface area contributed by atoms with Gasteiger partial charge in [0.1, 0.15) is 0 Å². The Hall–Kier alpha value is -1.64. The normalized spacial score (nSPS) is 15.0. The molecule has 2 N–H and O–H groups in total. The molecule has 0 saturated heterocycles. The van der Waals surface area contributed by atoms with Gasteiger partial charge in [-0.05, 0) is 44.9 Å². The van der Waals surface area contributed by atoms with Crippen molar-refractivity contribution in [3.63, 3.8) is 0 Å². The Kier molecular flexibility index (Phi) is 15.5. The van der Waals surface area contributed by atoms with Gasteiger partial charge in [-0.1, -0.05) is 60.8 Å². The molecule has 0 radical (unpaired) electrons. The summed E-state index contributed by atoms with van der Waals surface area (Å²) in [5.74, 6) is 0. The fraction of sp³-hybridized carbons (Fsp3) is 0.429. The third kappa shape index (κ3) is 15.0. The smallest absolute Gasteiger partial charge is 0.0980 e. The van der Waals surface area contributed by atoms with Crippen molar-refractivity contribution < 1.29 is 10.2 Å². The van der Waals surface area contributed by atoms with Crippen LogP contribution in [0.25, 0.3) is 0 Å². The lowest BCUT2D eigenvalue weighted by atomic mass is 10.1. The monoisotopic (exact) mass is 316 g/mol. The molecule has 2 heteroatoms. The van der Waals surface area contributed by atoms with E-state index < -0.39 is 12.2 Å². The third-order valence-electron chi connectivity index (χ3n) is 3.28. The Morgan fingerprint density at radius 3 is 1.74 bits per heavy atom. The molecule has 0 aromatic rings. The molecule has 2 nitrogen and oxygen atoms in total. The number of hydrogen-bond donors (Lipinski definition) is 2. The molecule has 0 aromatic carbocycles. The average Bonchev–Trinajstić information content (AvgIpc) is 2.57. The summed E-state index contributed by atoms with van der Waals surface area (Å²) in [5, 5.41) is 18.8. The molecule has 0 amide bonds. The highest BCUT2D eigenvalue weighted by Crippen LogP contribution is 2.02. The zero-order valence-electron chi connectivity index (χ0n) is 14.2. The highest BCUT2D eigenvalue weighted by atomic mass is 16.3. The van der Waals surface area contributed by atoms with Gasteiger partial charge < -0.3 is 10.2 Å². The van der Waals surface area contributed by atoms with E-state index in [4.69, 9.17) is 0 Å². The van der Waals surface area contributed by atoms with Gasteiger partial charge in [0.05, 0.1) is 12.2 Å². The van der Waals surface area contributed by atoms with Gasteiger partial charge in [0, 0.05) is 0 Å². The van der Waals surface area contributed by atoms with Gasteiger partial charge in [0.15, 0.2) is 0 Å². The highest BCUT2D eigenvalue weighted by Gasteiger charge is 2.09. The second-order valence-electron chi connectivity index (χ2n) is 5.34. The summed E-state index contributed by atoms with van der Waals surface area (Å²) >= 11 is 0. The molecule has 0 aromatic heterocycles. The molecule has 0 bridgehead atoms. The lowest BCUT2D eigenvalue weighted by Crippen LogP contribution is -2.22. The van der Waals surface area contributed by atoms with Crippen molar-refractivity contribution in [1.29, 1.82) is 0 Å². The molecular formula is C21H32O2. The number of hydrogen-bond acceptors (Lipinski definition) is 2.